The van der Waals surface area contributed by atoms with Crippen molar-refractivity contribution in [3.8, 4) is 0 Å². The summed E-state index contributed by atoms with van der Waals surface area (Å²) in [5.74, 6) is 0.141. The normalized spacial score (nSPS) is 11.0. The molecule has 0 amide bonds. The van der Waals surface area contributed by atoms with Crippen molar-refractivity contribution in [2.24, 2.45) is 0 Å². The van der Waals surface area contributed by atoms with Crippen molar-refractivity contribution >= 4 is 27.5 Å². The Morgan fingerprint density at radius 3 is 2.55 bits per heavy atom. The van der Waals surface area contributed by atoms with Crippen LogP contribution >= 0.6 is 11.3 Å². The van der Waals surface area contributed by atoms with Gasteiger partial charge in [-0.15, -0.1) is 11.3 Å². The van der Waals surface area contributed by atoms with Gasteiger partial charge in [0.25, 0.3) is 0 Å². The highest BCUT2D eigenvalue weighted by Gasteiger charge is 2.10. The van der Waals surface area contributed by atoms with Gasteiger partial charge in [0.15, 0.2) is 0 Å². The first-order valence-electron chi connectivity index (χ1n) is 7.25. The van der Waals surface area contributed by atoms with Gasteiger partial charge in [-0.25, -0.2) is 9.78 Å². The van der Waals surface area contributed by atoms with E-state index in [0.29, 0.717) is 11.5 Å². The fourth-order valence-corrected chi connectivity index (χ4v) is 3.08. The third kappa shape index (κ3) is 3.17. The SMILES string of the molecule is CC(C)c1ccc(C(=O)OCc2nc3ccccc3s2)cc1. The smallest absolute Gasteiger partial charge is 0.338 e. The third-order valence-corrected chi connectivity index (χ3v) is 4.49. The van der Waals surface area contributed by atoms with Crippen LogP contribution in [0.5, 0.6) is 0 Å². The molecule has 1 aromatic heterocycles. The number of hydrogen-bond donors (Lipinski definition) is 0. The summed E-state index contributed by atoms with van der Waals surface area (Å²) in [5.41, 5.74) is 2.73. The minimum atomic E-state index is -0.311. The number of thiazole rings is 1. The molecule has 0 saturated carbocycles. The lowest BCUT2D eigenvalue weighted by atomic mass is 10.0. The average molecular weight is 311 g/mol. The highest BCUT2D eigenvalue weighted by molar-refractivity contribution is 7.18. The van der Waals surface area contributed by atoms with Crippen molar-refractivity contribution in [3.05, 3.63) is 64.7 Å². The Balaban J connectivity index is 1.66. The van der Waals surface area contributed by atoms with E-state index >= 15 is 0 Å². The van der Waals surface area contributed by atoms with Crippen molar-refractivity contribution in [2.75, 3.05) is 0 Å². The number of hydrogen-bond acceptors (Lipinski definition) is 4. The van der Waals surface area contributed by atoms with Crippen LogP contribution in [0.15, 0.2) is 48.5 Å². The molecule has 0 aliphatic heterocycles. The standard InChI is InChI=1S/C18H17NO2S/c1-12(2)13-7-9-14(10-8-13)18(20)21-11-17-19-15-5-3-4-6-16(15)22-17/h3-10,12H,11H2,1-2H3. The number of benzene rings is 2. The fraction of sp³-hybridized carbons (Fsp3) is 0.222. The second kappa shape index (κ2) is 6.28. The molecule has 0 radical (unpaired) electrons. The van der Waals surface area contributed by atoms with E-state index in [-0.39, 0.29) is 12.6 Å². The molecule has 1 heterocycles. The van der Waals surface area contributed by atoms with Crippen LogP contribution in [0.4, 0.5) is 0 Å². The molecule has 0 fully saturated rings. The number of rotatable bonds is 4. The van der Waals surface area contributed by atoms with Crippen LogP contribution < -0.4 is 0 Å². The van der Waals surface area contributed by atoms with E-state index < -0.39 is 0 Å². The molecule has 3 rings (SSSR count). The number of carbonyl (C=O) groups is 1. The van der Waals surface area contributed by atoms with E-state index in [1.807, 2.05) is 48.5 Å². The molecular formula is C18H17NO2S. The van der Waals surface area contributed by atoms with Gasteiger partial charge < -0.3 is 4.74 Å². The van der Waals surface area contributed by atoms with E-state index in [1.54, 1.807) is 11.3 Å². The molecule has 0 atom stereocenters. The Kier molecular flexibility index (Phi) is 4.20. The number of carbonyl (C=O) groups excluding carboxylic acids is 1. The van der Waals surface area contributed by atoms with Gasteiger partial charge in [-0.1, -0.05) is 38.1 Å². The topological polar surface area (TPSA) is 39.2 Å². The Morgan fingerprint density at radius 1 is 1.14 bits per heavy atom. The van der Waals surface area contributed by atoms with Crippen LogP contribution in [0.3, 0.4) is 0 Å². The fourth-order valence-electron chi connectivity index (χ4n) is 2.20. The minimum absolute atomic E-state index is 0.212. The summed E-state index contributed by atoms with van der Waals surface area (Å²) < 4.78 is 6.46. The van der Waals surface area contributed by atoms with E-state index in [1.165, 1.54) is 5.56 Å². The summed E-state index contributed by atoms with van der Waals surface area (Å²) in [6, 6.07) is 15.5. The zero-order valence-electron chi connectivity index (χ0n) is 12.6. The van der Waals surface area contributed by atoms with Gasteiger partial charge in [0.2, 0.25) is 0 Å². The molecule has 0 unspecified atom stereocenters. The first kappa shape index (κ1) is 14.7. The lowest BCUT2D eigenvalue weighted by molar-refractivity contribution is 0.0472. The second-order valence-electron chi connectivity index (χ2n) is 5.43. The number of fused-ring (bicyclic) bond motifs is 1. The zero-order chi connectivity index (χ0) is 15.5. The maximum atomic E-state index is 12.1. The van der Waals surface area contributed by atoms with Crippen LogP contribution in [0.25, 0.3) is 10.2 Å². The Hall–Kier alpha value is -2.20. The number of nitrogens with zero attached hydrogens (tertiary/aromatic N) is 1. The minimum Gasteiger partial charge on any atom is -0.455 e. The van der Waals surface area contributed by atoms with E-state index in [9.17, 15) is 4.79 Å². The predicted octanol–water partition coefficient (Wildman–Crippen LogP) is 4.78. The van der Waals surface area contributed by atoms with Gasteiger partial charge in [0.1, 0.15) is 11.6 Å². The van der Waals surface area contributed by atoms with Gasteiger partial charge in [-0.05, 0) is 35.7 Å². The van der Waals surface area contributed by atoms with Gasteiger partial charge in [0.05, 0.1) is 15.8 Å². The summed E-state index contributed by atoms with van der Waals surface area (Å²) in [6.07, 6.45) is 0. The van der Waals surface area contributed by atoms with Crippen molar-refractivity contribution in [1.29, 1.82) is 0 Å². The third-order valence-electron chi connectivity index (χ3n) is 3.48. The molecule has 22 heavy (non-hydrogen) atoms. The van der Waals surface area contributed by atoms with Gasteiger partial charge >= 0.3 is 5.97 Å². The molecule has 3 aromatic rings. The van der Waals surface area contributed by atoms with Gasteiger partial charge in [-0.3, -0.25) is 0 Å². The summed E-state index contributed by atoms with van der Waals surface area (Å²) in [5, 5.41) is 0.813. The lowest BCUT2D eigenvalue weighted by Crippen LogP contribution is -2.05. The van der Waals surface area contributed by atoms with Crippen molar-refractivity contribution in [2.45, 2.75) is 26.4 Å². The maximum absolute atomic E-state index is 12.1. The first-order chi connectivity index (χ1) is 10.6. The molecule has 0 N–H and O–H groups in total. The summed E-state index contributed by atoms with van der Waals surface area (Å²) in [6.45, 7) is 4.46. The number of esters is 1. The monoisotopic (exact) mass is 311 g/mol. The van der Waals surface area contributed by atoms with Crippen LogP contribution in [-0.4, -0.2) is 11.0 Å². The Morgan fingerprint density at radius 2 is 1.86 bits per heavy atom. The number of ether oxygens (including phenoxy) is 1. The molecular weight excluding hydrogens is 294 g/mol. The molecule has 2 aromatic carbocycles. The molecule has 0 aliphatic rings. The predicted molar refractivity (Wildman–Crippen MR) is 89.3 cm³/mol. The molecule has 3 nitrogen and oxygen atoms in total. The van der Waals surface area contributed by atoms with Gasteiger partial charge in [0, 0.05) is 0 Å². The Bertz CT molecular complexity index is 757. The summed E-state index contributed by atoms with van der Waals surface area (Å²) in [7, 11) is 0. The molecule has 0 aliphatic carbocycles. The van der Waals surface area contributed by atoms with Crippen LogP contribution in [0.1, 0.15) is 40.7 Å². The highest BCUT2D eigenvalue weighted by atomic mass is 32.1. The zero-order valence-corrected chi connectivity index (χ0v) is 13.4. The van der Waals surface area contributed by atoms with Crippen LogP contribution in [-0.2, 0) is 11.3 Å². The summed E-state index contributed by atoms with van der Waals surface area (Å²) >= 11 is 1.55. The van der Waals surface area contributed by atoms with E-state index in [0.717, 1.165) is 15.2 Å². The molecule has 112 valence electrons. The van der Waals surface area contributed by atoms with Crippen LogP contribution in [0.2, 0.25) is 0 Å². The molecule has 0 saturated heterocycles. The van der Waals surface area contributed by atoms with Crippen molar-refractivity contribution < 1.29 is 9.53 Å². The van der Waals surface area contributed by atoms with E-state index in [2.05, 4.69) is 18.8 Å². The Labute approximate surface area is 133 Å². The van der Waals surface area contributed by atoms with E-state index in [4.69, 9.17) is 4.74 Å². The second-order valence-corrected chi connectivity index (χ2v) is 6.54. The van der Waals surface area contributed by atoms with Crippen molar-refractivity contribution in [1.82, 2.24) is 4.98 Å². The number of aromatic nitrogens is 1. The summed E-state index contributed by atoms with van der Waals surface area (Å²) in [4.78, 5) is 16.5. The quantitative estimate of drug-likeness (QED) is 0.651. The average Bonchev–Trinajstić information content (AvgIpc) is 2.95. The van der Waals surface area contributed by atoms with Crippen LogP contribution in [0, 0.1) is 0 Å². The molecule has 0 bridgehead atoms. The maximum Gasteiger partial charge on any atom is 0.338 e. The van der Waals surface area contributed by atoms with Gasteiger partial charge in [-0.2, -0.15) is 0 Å². The molecule has 0 spiro atoms. The van der Waals surface area contributed by atoms with Crippen molar-refractivity contribution in [3.63, 3.8) is 0 Å². The molecule has 4 heteroatoms. The first-order valence-corrected chi connectivity index (χ1v) is 8.06. The largest absolute Gasteiger partial charge is 0.455 e. The highest BCUT2D eigenvalue weighted by Crippen LogP contribution is 2.22. The lowest BCUT2D eigenvalue weighted by Gasteiger charge is -2.06. The number of para-hydroxylation sites is 1.